The standard InChI is InChI=1S/C25H25N5O7.C22H24N6O7S/c1-2-3-10-36-25(35)29-18(23(33)34)12-14-8-9-19-17(11-14)26-22(32)20(37-19)13-21(31)30-24-27-15-6-4-5-7-16(15)28-24;1-2-25-22(23)27-19(29)8-7-18-20(30)26-15-10-13(5-6-17(15)35-18)11-16(21(31)32)28-36(33,34)14-4-3-9-24-12-14/h2,4-9,11,18,20H,1,3,10,12-13H2,(H,26,32)(H,29,35)(H,33,34)(H2,27,28,30,31);2-6,9-10,12,16,18,28H,1,7-8,11H2,(H,26,30)(H,31,32)(H3,23,25,27,29)/t18-,20?;16-,18?/m00/s1. The molecule has 382 valence electrons. The lowest BCUT2D eigenvalue weighted by molar-refractivity contribution is -0.140. The lowest BCUT2D eigenvalue weighted by Gasteiger charge is -2.26. The summed E-state index contributed by atoms with van der Waals surface area (Å²) in [5.74, 6) is -3.77. The van der Waals surface area contributed by atoms with Crippen molar-refractivity contribution >= 4 is 86.0 Å². The van der Waals surface area contributed by atoms with Gasteiger partial charge in [-0.05, 0) is 72.5 Å². The third-order valence-corrected chi connectivity index (χ3v) is 11.9. The van der Waals surface area contributed by atoms with Crippen LogP contribution in [0.2, 0.25) is 0 Å². The van der Waals surface area contributed by atoms with Crippen molar-refractivity contribution in [3.05, 3.63) is 122 Å². The molecule has 0 fully saturated rings. The number of carbonyl (C=O) groups is 7. The number of fused-ring (bicyclic) bond motifs is 3. The predicted molar refractivity (Wildman–Crippen MR) is 262 cm³/mol. The number of H-pyrrole nitrogens is 1. The molecular weight excluding hydrogens is 975 g/mol. The Morgan fingerprint density at radius 1 is 0.863 bits per heavy atom. The maximum absolute atomic E-state index is 12.6. The van der Waals surface area contributed by atoms with E-state index in [9.17, 15) is 52.2 Å². The number of para-hydroxylation sites is 2. The zero-order valence-corrected chi connectivity index (χ0v) is 39.3. The molecule has 2 unspecified atom stereocenters. The predicted octanol–water partition coefficient (Wildman–Crippen LogP) is 2.70. The van der Waals surface area contributed by atoms with Crippen molar-refractivity contribution in [2.75, 3.05) is 22.6 Å². The number of imidazole rings is 1. The number of carbonyl (C=O) groups excluding carboxylic acids is 5. The van der Waals surface area contributed by atoms with E-state index in [2.05, 4.69) is 64.4 Å². The van der Waals surface area contributed by atoms with Crippen molar-refractivity contribution in [2.24, 2.45) is 10.7 Å². The van der Waals surface area contributed by atoms with Gasteiger partial charge < -0.3 is 51.1 Å². The second kappa shape index (κ2) is 24.6. The lowest BCUT2D eigenvalue weighted by Crippen LogP contribution is -2.42. The number of sulfonamides is 1. The third kappa shape index (κ3) is 15.2. The Morgan fingerprint density at radius 3 is 2.12 bits per heavy atom. The van der Waals surface area contributed by atoms with Gasteiger partial charge in [0.2, 0.25) is 27.8 Å². The quantitative estimate of drug-likeness (QED) is 0.0232. The van der Waals surface area contributed by atoms with E-state index in [1.807, 2.05) is 18.2 Å². The minimum Gasteiger partial charge on any atom is -0.480 e. The van der Waals surface area contributed by atoms with Crippen molar-refractivity contribution in [1.29, 1.82) is 0 Å². The second-order valence-electron chi connectivity index (χ2n) is 15.8. The number of aromatic nitrogens is 3. The first-order chi connectivity index (χ1) is 34.9. The Morgan fingerprint density at radius 2 is 1.51 bits per heavy atom. The number of nitrogens with two attached hydrogens (primary N) is 1. The number of nitrogens with zero attached hydrogens (tertiary/aromatic N) is 3. The van der Waals surface area contributed by atoms with Crippen LogP contribution in [-0.4, -0.2) is 112 Å². The molecule has 7 rings (SSSR count). The number of carboxylic acid groups (broad SMARTS) is 2. The van der Waals surface area contributed by atoms with Crippen LogP contribution in [0.3, 0.4) is 0 Å². The number of pyridine rings is 1. The van der Waals surface area contributed by atoms with Gasteiger partial charge in [-0.1, -0.05) is 36.9 Å². The highest BCUT2D eigenvalue weighted by Crippen LogP contribution is 2.33. The Labute approximate surface area is 415 Å². The van der Waals surface area contributed by atoms with Crippen LogP contribution in [0.5, 0.6) is 11.5 Å². The minimum atomic E-state index is -4.12. The van der Waals surface area contributed by atoms with Crippen LogP contribution in [0.25, 0.3) is 11.0 Å². The number of aromatic amines is 1. The van der Waals surface area contributed by atoms with Gasteiger partial charge in [0.05, 0.1) is 35.4 Å². The summed E-state index contributed by atoms with van der Waals surface area (Å²) < 4.78 is 43.5. The smallest absolute Gasteiger partial charge is 0.407 e. The monoisotopic (exact) mass is 1020 g/mol. The number of guanidine groups is 1. The first-order valence-corrected chi connectivity index (χ1v) is 23.5. The highest BCUT2D eigenvalue weighted by atomic mass is 32.2. The van der Waals surface area contributed by atoms with Crippen molar-refractivity contribution in [3.8, 4) is 11.5 Å². The normalized spacial score (nSPS) is 15.6. The Balaban J connectivity index is 0.000000238. The molecule has 2 aliphatic heterocycles. The summed E-state index contributed by atoms with van der Waals surface area (Å²) in [6, 6.07) is 16.6. The molecule has 0 radical (unpaired) electrons. The van der Waals surface area contributed by atoms with Gasteiger partial charge in [0, 0.05) is 37.9 Å². The fourth-order valence-corrected chi connectivity index (χ4v) is 8.12. The van der Waals surface area contributed by atoms with Crippen LogP contribution in [0.4, 0.5) is 22.1 Å². The number of nitrogens with one attached hydrogen (secondary N) is 7. The third-order valence-electron chi connectivity index (χ3n) is 10.4. The van der Waals surface area contributed by atoms with Gasteiger partial charge in [0.1, 0.15) is 28.5 Å². The first-order valence-electron chi connectivity index (χ1n) is 22.0. The zero-order valence-electron chi connectivity index (χ0n) is 38.5. The number of alkyl carbamates (subject to hydrolysis) is 1. The fraction of sp³-hybridized carbons (Fsp3) is 0.234. The highest BCUT2D eigenvalue weighted by molar-refractivity contribution is 7.89. The summed E-state index contributed by atoms with van der Waals surface area (Å²) in [5.41, 5.74) is 8.52. The Bertz CT molecular complexity index is 3020. The molecule has 0 saturated carbocycles. The molecule has 25 nitrogen and oxygen atoms in total. The number of ether oxygens (including phenoxy) is 3. The topological polar surface area (TPSA) is 374 Å². The molecule has 4 atom stereocenters. The van der Waals surface area contributed by atoms with Crippen molar-refractivity contribution < 1.29 is 66.4 Å². The summed E-state index contributed by atoms with van der Waals surface area (Å²) in [6.07, 6.45) is 2.33. The summed E-state index contributed by atoms with van der Waals surface area (Å²) in [6.45, 7) is 6.96. The van der Waals surface area contributed by atoms with Gasteiger partial charge >= 0.3 is 18.0 Å². The van der Waals surface area contributed by atoms with Crippen molar-refractivity contribution in [2.45, 2.75) is 67.7 Å². The van der Waals surface area contributed by atoms with Crippen molar-refractivity contribution in [3.63, 3.8) is 0 Å². The number of hydrogen-bond donors (Lipinski definition) is 10. The molecule has 0 saturated heterocycles. The van der Waals surface area contributed by atoms with Gasteiger partial charge in [-0.15, -0.1) is 6.58 Å². The molecule has 11 N–H and O–H groups in total. The number of hydrogen-bond acceptors (Lipinski definition) is 15. The summed E-state index contributed by atoms with van der Waals surface area (Å²) in [5, 5.41) is 31.7. The molecule has 26 heteroatoms. The van der Waals surface area contributed by atoms with Gasteiger partial charge in [-0.3, -0.25) is 39.6 Å². The van der Waals surface area contributed by atoms with Crippen LogP contribution in [-0.2, 0) is 56.4 Å². The van der Waals surface area contributed by atoms with Gasteiger partial charge in [-0.25, -0.2) is 28.0 Å². The number of benzene rings is 3. The summed E-state index contributed by atoms with van der Waals surface area (Å²) in [4.78, 5) is 99.1. The highest BCUT2D eigenvalue weighted by Gasteiger charge is 2.32. The Kier molecular flexibility index (Phi) is 17.9. The molecule has 73 heavy (non-hydrogen) atoms. The summed E-state index contributed by atoms with van der Waals surface area (Å²) in [7, 11) is -4.12. The van der Waals surface area contributed by atoms with Crippen LogP contribution < -0.4 is 46.5 Å². The van der Waals surface area contributed by atoms with Crippen LogP contribution in [0.1, 0.15) is 36.8 Å². The zero-order chi connectivity index (χ0) is 52.7. The number of rotatable bonds is 20. The van der Waals surface area contributed by atoms with Crippen molar-refractivity contribution in [1.82, 2.24) is 30.3 Å². The minimum absolute atomic E-state index is 0.0572. The van der Waals surface area contributed by atoms with E-state index in [0.29, 0.717) is 45.9 Å². The van der Waals surface area contributed by atoms with Gasteiger partial charge in [-0.2, -0.15) is 4.72 Å². The second-order valence-corrected chi connectivity index (χ2v) is 17.6. The summed E-state index contributed by atoms with van der Waals surface area (Å²) >= 11 is 0. The van der Waals surface area contributed by atoms with E-state index >= 15 is 0 Å². The molecule has 0 spiro atoms. The fourth-order valence-electron chi connectivity index (χ4n) is 6.97. The first kappa shape index (κ1) is 53.2. The molecule has 0 bridgehead atoms. The maximum atomic E-state index is 12.6. The molecule has 5 amide bonds. The van der Waals surface area contributed by atoms with Crippen LogP contribution in [0.15, 0.2) is 121 Å². The van der Waals surface area contributed by atoms with E-state index in [-0.39, 0.29) is 55.5 Å². The van der Waals surface area contributed by atoms with E-state index in [0.717, 1.165) is 11.7 Å². The Hall–Kier alpha value is -9.17. The molecular formula is C47H49N11O14S. The number of aliphatic imine (C=N–C) groups is 1. The number of aliphatic carboxylic acids is 2. The van der Waals surface area contributed by atoms with E-state index < -0.39 is 76.0 Å². The molecule has 4 heterocycles. The number of amides is 5. The maximum Gasteiger partial charge on any atom is 0.407 e. The molecule has 5 aromatic rings. The molecule has 0 aliphatic carbocycles. The van der Waals surface area contributed by atoms with Crippen LogP contribution in [0, 0.1) is 0 Å². The largest absolute Gasteiger partial charge is 0.480 e. The molecule has 3 aromatic carbocycles. The molecule has 2 aromatic heterocycles. The van der Waals surface area contributed by atoms with E-state index in [1.165, 1.54) is 36.7 Å². The average molecular weight is 1020 g/mol. The molecule has 2 aliphatic rings. The number of carboxylic acids is 2. The van der Waals surface area contributed by atoms with Gasteiger partial charge in [0.25, 0.3) is 11.8 Å². The van der Waals surface area contributed by atoms with E-state index in [4.69, 9.17) is 19.9 Å². The van der Waals surface area contributed by atoms with Gasteiger partial charge in [0.15, 0.2) is 18.2 Å². The lowest BCUT2D eigenvalue weighted by atomic mass is 10.0. The van der Waals surface area contributed by atoms with E-state index in [1.54, 1.807) is 36.4 Å². The van der Waals surface area contributed by atoms with Crippen LogP contribution >= 0.6 is 0 Å². The average Bonchev–Trinajstić information content (AvgIpc) is 3.76. The SMILES string of the molecule is C=CCCOC(=O)N[C@@H](Cc1ccc2c(c1)NC(=O)C(CC(=O)Nc1nc3ccccc3[nH]1)O2)C(=O)O.C=CN=C(N)NC(=O)CCC1Oc2ccc(C[C@H](NS(=O)(=O)c3cccnc3)C(=O)O)cc2NC1=O. The number of anilines is 3.